The summed E-state index contributed by atoms with van der Waals surface area (Å²) >= 11 is 0. The fourth-order valence-electron chi connectivity index (χ4n) is 4.19. The highest BCUT2D eigenvalue weighted by Gasteiger charge is 2.48. The lowest BCUT2D eigenvalue weighted by Crippen LogP contribution is -2.33. The minimum absolute atomic E-state index is 0.0673. The van der Waals surface area contributed by atoms with Crippen LogP contribution < -0.4 is 10.2 Å². The van der Waals surface area contributed by atoms with Crippen LogP contribution in [0.5, 0.6) is 0 Å². The summed E-state index contributed by atoms with van der Waals surface area (Å²) in [7, 11) is 0. The maximum absolute atomic E-state index is 12.8. The van der Waals surface area contributed by atoms with Crippen LogP contribution in [0, 0.1) is 11.8 Å². The molecule has 3 aliphatic rings. The van der Waals surface area contributed by atoms with Crippen LogP contribution in [0.15, 0.2) is 35.9 Å². The van der Waals surface area contributed by atoms with Crippen molar-refractivity contribution in [2.45, 2.75) is 38.7 Å². The molecule has 4 rings (SSSR count). The van der Waals surface area contributed by atoms with E-state index in [0.29, 0.717) is 30.6 Å². The summed E-state index contributed by atoms with van der Waals surface area (Å²) < 4.78 is 5.52. The van der Waals surface area contributed by atoms with Crippen molar-refractivity contribution < 1.29 is 19.1 Å². The number of carbonyl (C=O) groups excluding carboxylic acids is 3. The number of carbonyl (C=O) groups is 3. The number of imide groups is 1. The molecule has 3 amide bonds. The first-order valence-electron chi connectivity index (χ1n) is 9.58. The molecule has 2 fully saturated rings. The number of amides is 3. The maximum Gasteiger partial charge on any atom is 0.251 e. The van der Waals surface area contributed by atoms with Gasteiger partial charge < -0.3 is 10.1 Å². The van der Waals surface area contributed by atoms with Crippen molar-refractivity contribution in [2.75, 3.05) is 18.1 Å². The summed E-state index contributed by atoms with van der Waals surface area (Å²) in [6, 6.07) is 6.74. The average Bonchev–Trinajstić information content (AvgIpc) is 3.27. The van der Waals surface area contributed by atoms with Crippen LogP contribution in [0.3, 0.4) is 0 Å². The maximum atomic E-state index is 12.8. The molecule has 27 heavy (non-hydrogen) atoms. The van der Waals surface area contributed by atoms with E-state index in [9.17, 15) is 14.4 Å². The molecule has 0 bridgehead atoms. The molecule has 0 radical (unpaired) electrons. The van der Waals surface area contributed by atoms with Crippen molar-refractivity contribution in [3.05, 3.63) is 41.5 Å². The van der Waals surface area contributed by atoms with E-state index in [1.807, 2.05) is 13.0 Å². The first kappa shape index (κ1) is 17.9. The van der Waals surface area contributed by atoms with E-state index < -0.39 is 0 Å². The van der Waals surface area contributed by atoms with Crippen LogP contribution in [0.25, 0.3) is 0 Å². The molecule has 3 atom stereocenters. The van der Waals surface area contributed by atoms with E-state index in [1.54, 1.807) is 24.3 Å². The topological polar surface area (TPSA) is 75.7 Å². The molecule has 1 aliphatic carbocycles. The van der Waals surface area contributed by atoms with Crippen LogP contribution in [-0.4, -0.2) is 37.0 Å². The van der Waals surface area contributed by atoms with Gasteiger partial charge in [0, 0.05) is 18.7 Å². The van der Waals surface area contributed by atoms with Crippen LogP contribution in [0.2, 0.25) is 0 Å². The molecule has 0 unspecified atom stereocenters. The highest BCUT2D eigenvalue weighted by molar-refractivity contribution is 6.22. The summed E-state index contributed by atoms with van der Waals surface area (Å²) in [5.74, 6) is -1.10. The Balaban J connectivity index is 1.49. The van der Waals surface area contributed by atoms with Crippen LogP contribution >= 0.6 is 0 Å². The van der Waals surface area contributed by atoms with Gasteiger partial charge in [-0.3, -0.25) is 19.3 Å². The third-order valence-electron chi connectivity index (χ3n) is 5.70. The monoisotopic (exact) mass is 368 g/mol. The lowest BCUT2D eigenvalue weighted by atomic mass is 9.82. The molecule has 0 saturated carbocycles. The van der Waals surface area contributed by atoms with E-state index in [-0.39, 0.29) is 35.7 Å². The number of ether oxygens (including phenoxy) is 1. The van der Waals surface area contributed by atoms with Crippen LogP contribution in [-0.2, 0) is 14.3 Å². The van der Waals surface area contributed by atoms with E-state index in [1.165, 1.54) is 4.90 Å². The summed E-state index contributed by atoms with van der Waals surface area (Å²) in [5.41, 5.74) is 2.07. The standard InChI is InChI=1S/C21H24N2O4/c1-13-7-8-17-18(10-13)21(26)23(20(17)25)15-5-2-4-14(11-15)19(24)22-12-16-6-3-9-27-16/h2,4-5,7,11,16-18H,3,6,8-10,12H2,1H3,(H,22,24)/t16-,17-,18-/m0/s1. The van der Waals surface area contributed by atoms with Gasteiger partial charge in [0.1, 0.15) is 0 Å². The van der Waals surface area contributed by atoms with Crippen molar-refractivity contribution in [3.8, 4) is 0 Å². The van der Waals surface area contributed by atoms with Crippen LogP contribution in [0.1, 0.15) is 43.0 Å². The average molecular weight is 368 g/mol. The second kappa shape index (κ2) is 7.27. The predicted molar refractivity (Wildman–Crippen MR) is 100 cm³/mol. The Morgan fingerprint density at radius 1 is 1.26 bits per heavy atom. The first-order chi connectivity index (χ1) is 13.0. The van der Waals surface area contributed by atoms with Crippen molar-refractivity contribution in [1.82, 2.24) is 5.32 Å². The Hall–Kier alpha value is -2.47. The molecule has 6 heteroatoms. The number of hydrogen-bond donors (Lipinski definition) is 1. The van der Waals surface area contributed by atoms with Crippen LogP contribution in [0.4, 0.5) is 5.69 Å². The van der Waals surface area contributed by atoms with Gasteiger partial charge in [-0.2, -0.15) is 0 Å². The van der Waals surface area contributed by atoms with Crippen molar-refractivity contribution in [1.29, 1.82) is 0 Å². The Morgan fingerprint density at radius 3 is 2.85 bits per heavy atom. The predicted octanol–water partition coefficient (Wildman–Crippen LogP) is 2.44. The summed E-state index contributed by atoms with van der Waals surface area (Å²) in [4.78, 5) is 39.4. The Labute approximate surface area is 158 Å². The normalized spacial score (nSPS) is 27.5. The SMILES string of the molecule is CC1=CC[C@@H]2C(=O)N(c3cccc(C(=O)NC[C@@H]4CCCO4)c3)C(=O)[C@H]2C1. The highest BCUT2D eigenvalue weighted by atomic mass is 16.5. The summed E-state index contributed by atoms with van der Waals surface area (Å²) in [6.07, 6.45) is 5.33. The fraction of sp³-hybridized carbons (Fsp3) is 0.476. The molecule has 1 aromatic carbocycles. The second-order valence-corrected chi connectivity index (χ2v) is 7.61. The third kappa shape index (κ3) is 3.41. The van der Waals surface area contributed by atoms with Gasteiger partial charge in [-0.05, 0) is 50.8 Å². The molecule has 0 aromatic heterocycles. The molecule has 0 spiro atoms. The first-order valence-corrected chi connectivity index (χ1v) is 9.58. The van der Waals surface area contributed by atoms with E-state index >= 15 is 0 Å². The third-order valence-corrected chi connectivity index (χ3v) is 5.70. The summed E-state index contributed by atoms with van der Waals surface area (Å²) in [6.45, 7) is 3.21. The number of benzene rings is 1. The van der Waals surface area contributed by atoms with Gasteiger partial charge in [-0.25, -0.2) is 0 Å². The Morgan fingerprint density at radius 2 is 2.07 bits per heavy atom. The number of nitrogens with one attached hydrogen (secondary N) is 1. The molecule has 142 valence electrons. The van der Waals surface area contributed by atoms with Gasteiger partial charge in [0.15, 0.2) is 0 Å². The second-order valence-electron chi connectivity index (χ2n) is 7.61. The zero-order valence-corrected chi connectivity index (χ0v) is 15.4. The van der Waals surface area contributed by atoms with Crippen molar-refractivity contribution >= 4 is 23.4 Å². The van der Waals surface area contributed by atoms with Gasteiger partial charge in [0.2, 0.25) is 11.8 Å². The number of hydrogen-bond acceptors (Lipinski definition) is 4. The number of nitrogens with zero attached hydrogens (tertiary/aromatic N) is 1. The minimum atomic E-state index is -0.279. The number of rotatable bonds is 4. The zero-order chi connectivity index (χ0) is 19.0. The molecule has 1 N–H and O–H groups in total. The minimum Gasteiger partial charge on any atom is -0.376 e. The van der Waals surface area contributed by atoms with Crippen molar-refractivity contribution in [3.63, 3.8) is 0 Å². The fourth-order valence-corrected chi connectivity index (χ4v) is 4.19. The Kier molecular flexibility index (Phi) is 4.83. The smallest absolute Gasteiger partial charge is 0.251 e. The van der Waals surface area contributed by atoms with E-state index in [4.69, 9.17) is 4.74 Å². The quantitative estimate of drug-likeness (QED) is 0.654. The van der Waals surface area contributed by atoms with E-state index in [0.717, 1.165) is 25.0 Å². The molecular weight excluding hydrogens is 344 g/mol. The molecule has 6 nitrogen and oxygen atoms in total. The lowest BCUT2D eigenvalue weighted by Gasteiger charge is -2.18. The number of fused-ring (bicyclic) bond motifs is 1. The summed E-state index contributed by atoms with van der Waals surface area (Å²) in [5, 5.41) is 2.88. The van der Waals surface area contributed by atoms with Gasteiger partial charge >= 0.3 is 0 Å². The lowest BCUT2D eigenvalue weighted by molar-refractivity contribution is -0.122. The van der Waals surface area contributed by atoms with Gasteiger partial charge in [0.25, 0.3) is 5.91 Å². The van der Waals surface area contributed by atoms with Gasteiger partial charge in [-0.1, -0.05) is 17.7 Å². The largest absolute Gasteiger partial charge is 0.376 e. The van der Waals surface area contributed by atoms with Gasteiger partial charge in [0.05, 0.1) is 23.6 Å². The highest BCUT2D eigenvalue weighted by Crippen LogP contribution is 2.39. The van der Waals surface area contributed by atoms with Crippen molar-refractivity contribution in [2.24, 2.45) is 11.8 Å². The number of allylic oxidation sites excluding steroid dienone is 2. The molecule has 2 heterocycles. The molecular formula is C21H24N2O4. The molecule has 2 saturated heterocycles. The Bertz CT molecular complexity index is 810. The van der Waals surface area contributed by atoms with Gasteiger partial charge in [-0.15, -0.1) is 0 Å². The molecule has 2 aliphatic heterocycles. The zero-order valence-electron chi connectivity index (χ0n) is 15.4. The number of anilines is 1. The molecule has 1 aromatic rings. The van der Waals surface area contributed by atoms with E-state index in [2.05, 4.69) is 5.32 Å².